The number of carbonyl (C=O) groups excluding carboxylic acids is 1. The Morgan fingerprint density at radius 1 is 1.12 bits per heavy atom. The highest BCUT2D eigenvalue weighted by atomic mass is 35.5. The van der Waals surface area contributed by atoms with Gasteiger partial charge in [-0.2, -0.15) is 0 Å². The zero-order valence-electron chi connectivity index (χ0n) is 24.4. The van der Waals surface area contributed by atoms with Crippen LogP contribution in [0.5, 0.6) is 0 Å². The molecule has 1 aliphatic carbocycles. The van der Waals surface area contributed by atoms with Gasteiger partial charge in [0.1, 0.15) is 12.0 Å². The lowest BCUT2D eigenvalue weighted by atomic mass is 9.90. The lowest BCUT2D eigenvalue weighted by molar-refractivity contribution is -0.147. The second-order valence-electron chi connectivity index (χ2n) is 11.8. The molecule has 5 rings (SSSR count). The number of hydrogen-bond donors (Lipinski definition) is 3. The van der Waals surface area contributed by atoms with Crippen molar-refractivity contribution in [1.29, 1.82) is 0 Å². The van der Waals surface area contributed by atoms with Crippen molar-refractivity contribution in [3.63, 3.8) is 0 Å². The number of oxazole rings is 1. The third-order valence-electron chi connectivity index (χ3n) is 8.06. The van der Waals surface area contributed by atoms with Gasteiger partial charge in [0.05, 0.1) is 33.1 Å². The fraction of sp³-hybridized carbons (Fsp3) is 0.406. The van der Waals surface area contributed by atoms with Gasteiger partial charge in [0.2, 0.25) is 0 Å². The van der Waals surface area contributed by atoms with Crippen molar-refractivity contribution >= 4 is 46.2 Å². The molecule has 0 unspecified atom stereocenters. The molecule has 0 spiro atoms. The van der Waals surface area contributed by atoms with E-state index >= 15 is 0 Å². The third-order valence-corrected chi connectivity index (χ3v) is 8.38. The lowest BCUT2D eigenvalue weighted by Crippen LogP contribution is -2.47. The Bertz CT molecular complexity index is 1490. The van der Waals surface area contributed by atoms with Crippen molar-refractivity contribution in [3.8, 4) is 0 Å². The average molecular weight is 592 g/mol. The van der Waals surface area contributed by atoms with Crippen LogP contribution in [0.3, 0.4) is 0 Å². The van der Waals surface area contributed by atoms with Crippen LogP contribution < -0.4 is 20.4 Å². The van der Waals surface area contributed by atoms with Crippen molar-refractivity contribution in [3.05, 3.63) is 77.0 Å². The molecule has 3 aromatic rings. The Morgan fingerprint density at radius 2 is 1.79 bits per heavy atom. The maximum atomic E-state index is 13.2. The zero-order chi connectivity index (χ0) is 30.0. The predicted molar refractivity (Wildman–Crippen MR) is 167 cm³/mol. The van der Waals surface area contributed by atoms with E-state index < -0.39 is 11.4 Å². The molecule has 42 heavy (non-hydrogen) atoms. The number of amides is 1. The lowest BCUT2D eigenvalue weighted by Gasteiger charge is -2.39. The molecule has 2 fully saturated rings. The number of nitrogens with zero attached hydrogens (tertiary/aromatic N) is 3. The molecule has 2 heterocycles. The van der Waals surface area contributed by atoms with Crippen LogP contribution in [0.1, 0.15) is 66.5 Å². The fourth-order valence-corrected chi connectivity index (χ4v) is 5.31. The van der Waals surface area contributed by atoms with E-state index in [1.54, 1.807) is 26.2 Å². The predicted octanol–water partition coefficient (Wildman–Crippen LogP) is 6.15. The molecule has 10 heteroatoms. The first kappa shape index (κ1) is 29.5. The summed E-state index contributed by atoms with van der Waals surface area (Å²) in [5.41, 5.74) is 4.53. The molecule has 0 bridgehead atoms. The van der Waals surface area contributed by atoms with Crippen LogP contribution in [0, 0.1) is 12.3 Å². The molecule has 1 aromatic heterocycles. The van der Waals surface area contributed by atoms with Crippen LogP contribution in [0.2, 0.25) is 5.02 Å². The standard InChI is InChI=1S/C32H38ClN5O4/c1-20-7-5-6-8-27(20)37-13-15-38(16-14-37)28-18-24(33)23(29(39)34-12-11-32(3,4)31(40)41)17-25(28)35-21(2)26-19-42-30(36-26)22-9-10-22/h5-8,17-19,22,35H,2,9-16H2,1,3-4H3,(H,34,39)(H,40,41). The van der Waals surface area contributed by atoms with Crippen LogP contribution in [0.25, 0.3) is 5.70 Å². The summed E-state index contributed by atoms with van der Waals surface area (Å²) in [6.07, 6.45) is 4.05. The van der Waals surface area contributed by atoms with Gasteiger partial charge in [0, 0.05) is 44.3 Å². The van der Waals surface area contributed by atoms with E-state index in [9.17, 15) is 14.7 Å². The van der Waals surface area contributed by atoms with E-state index in [0.29, 0.717) is 33.6 Å². The molecular formula is C32H38ClN5O4. The highest BCUT2D eigenvalue weighted by molar-refractivity contribution is 6.34. The van der Waals surface area contributed by atoms with Crippen LogP contribution in [-0.4, -0.2) is 54.7 Å². The molecule has 2 aliphatic rings. The summed E-state index contributed by atoms with van der Waals surface area (Å²) in [7, 11) is 0. The largest absolute Gasteiger partial charge is 0.481 e. The first-order valence-electron chi connectivity index (χ1n) is 14.4. The number of para-hydroxylation sites is 1. The molecule has 1 amide bonds. The highest BCUT2D eigenvalue weighted by Crippen LogP contribution is 2.40. The summed E-state index contributed by atoms with van der Waals surface area (Å²) in [6, 6.07) is 11.9. The van der Waals surface area contributed by atoms with Crippen molar-refractivity contribution < 1.29 is 19.1 Å². The average Bonchev–Trinajstić information content (AvgIpc) is 3.69. The number of aryl methyl sites for hydroxylation is 1. The number of hydrogen-bond acceptors (Lipinski definition) is 7. The fourth-order valence-electron chi connectivity index (χ4n) is 5.07. The number of carboxylic acid groups (broad SMARTS) is 1. The first-order chi connectivity index (χ1) is 20.0. The van der Waals surface area contributed by atoms with E-state index in [-0.39, 0.29) is 18.9 Å². The van der Waals surface area contributed by atoms with Gasteiger partial charge in [0.25, 0.3) is 5.91 Å². The first-order valence-corrected chi connectivity index (χ1v) is 14.7. The van der Waals surface area contributed by atoms with E-state index in [0.717, 1.165) is 50.6 Å². The molecule has 0 atom stereocenters. The van der Waals surface area contributed by atoms with Gasteiger partial charge in [-0.1, -0.05) is 36.4 Å². The van der Waals surface area contributed by atoms with Crippen LogP contribution in [0.15, 0.2) is 53.7 Å². The molecular weight excluding hydrogens is 554 g/mol. The number of aliphatic carboxylic acids is 1. The van der Waals surface area contributed by atoms with Gasteiger partial charge in [-0.25, -0.2) is 4.98 Å². The second-order valence-corrected chi connectivity index (χ2v) is 12.2. The zero-order valence-corrected chi connectivity index (χ0v) is 25.1. The monoisotopic (exact) mass is 591 g/mol. The highest BCUT2D eigenvalue weighted by Gasteiger charge is 2.30. The van der Waals surface area contributed by atoms with Crippen molar-refractivity contribution in [2.45, 2.75) is 46.0 Å². The molecule has 222 valence electrons. The van der Waals surface area contributed by atoms with Gasteiger partial charge in [-0.3, -0.25) is 9.59 Å². The van der Waals surface area contributed by atoms with E-state index in [1.807, 2.05) is 6.07 Å². The summed E-state index contributed by atoms with van der Waals surface area (Å²) in [4.78, 5) is 33.9. The Hall–Kier alpha value is -3.98. The molecule has 1 aliphatic heterocycles. The summed E-state index contributed by atoms with van der Waals surface area (Å²) in [6.45, 7) is 13.0. The van der Waals surface area contributed by atoms with Crippen LogP contribution in [-0.2, 0) is 4.79 Å². The van der Waals surface area contributed by atoms with Crippen molar-refractivity contribution in [2.24, 2.45) is 5.41 Å². The number of aromatic nitrogens is 1. The minimum absolute atomic E-state index is 0.204. The number of nitrogens with one attached hydrogen (secondary N) is 2. The minimum atomic E-state index is -0.956. The van der Waals surface area contributed by atoms with Gasteiger partial charge in [0.15, 0.2) is 5.89 Å². The summed E-state index contributed by atoms with van der Waals surface area (Å²) >= 11 is 6.71. The Balaban J connectivity index is 1.37. The number of halogens is 1. The third kappa shape index (κ3) is 6.57. The topological polar surface area (TPSA) is 111 Å². The van der Waals surface area contributed by atoms with E-state index in [1.165, 1.54) is 11.3 Å². The summed E-state index contributed by atoms with van der Waals surface area (Å²) in [5, 5.41) is 15.9. The number of rotatable bonds is 11. The maximum Gasteiger partial charge on any atom is 0.309 e. The second kappa shape index (κ2) is 12.1. The maximum absolute atomic E-state index is 13.2. The number of piperazine rings is 1. The Labute approximate surface area is 251 Å². The Morgan fingerprint density at radius 3 is 2.43 bits per heavy atom. The molecule has 0 radical (unpaired) electrons. The van der Waals surface area contributed by atoms with Crippen LogP contribution >= 0.6 is 11.6 Å². The SMILES string of the molecule is C=C(Nc1cc(C(=O)NCCC(C)(C)C(=O)O)c(Cl)cc1N1CCN(c2ccccc2C)CC1)c1coc(C2CC2)n1. The molecule has 1 saturated heterocycles. The molecule has 1 saturated carbocycles. The minimum Gasteiger partial charge on any atom is -0.481 e. The molecule has 3 N–H and O–H groups in total. The number of carbonyl (C=O) groups is 2. The smallest absolute Gasteiger partial charge is 0.309 e. The summed E-state index contributed by atoms with van der Waals surface area (Å²) in [5.74, 6) is -0.183. The number of carboxylic acids is 1. The van der Waals surface area contributed by atoms with E-state index in [2.05, 4.69) is 63.2 Å². The van der Waals surface area contributed by atoms with E-state index in [4.69, 9.17) is 16.0 Å². The van der Waals surface area contributed by atoms with Crippen LogP contribution in [0.4, 0.5) is 17.1 Å². The molecule has 2 aromatic carbocycles. The summed E-state index contributed by atoms with van der Waals surface area (Å²) < 4.78 is 5.67. The number of benzene rings is 2. The normalized spacial score (nSPS) is 15.4. The van der Waals surface area contributed by atoms with Gasteiger partial charge in [-0.15, -0.1) is 0 Å². The van der Waals surface area contributed by atoms with Crippen molar-refractivity contribution in [2.75, 3.05) is 47.8 Å². The Kier molecular flexibility index (Phi) is 8.50. The van der Waals surface area contributed by atoms with Crippen molar-refractivity contribution in [1.82, 2.24) is 10.3 Å². The molecule has 9 nitrogen and oxygen atoms in total. The van der Waals surface area contributed by atoms with Gasteiger partial charge in [-0.05, 0) is 63.8 Å². The number of anilines is 3. The van der Waals surface area contributed by atoms with Gasteiger partial charge < -0.3 is 30.0 Å². The van der Waals surface area contributed by atoms with Gasteiger partial charge >= 0.3 is 5.97 Å². The quantitative estimate of drug-likeness (QED) is 0.243.